The summed E-state index contributed by atoms with van der Waals surface area (Å²) < 4.78 is 7.71. The molecule has 2 aromatic heterocycles. The first kappa shape index (κ1) is 20.8. The van der Waals surface area contributed by atoms with Crippen LogP contribution in [0.15, 0.2) is 55.0 Å². The highest BCUT2D eigenvalue weighted by molar-refractivity contribution is 6.33. The van der Waals surface area contributed by atoms with Crippen molar-refractivity contribution in [3.8, 4) is 11.3 Å². The first-order valence-electron chi connectivity index (χ1n) is 10.5. The molecule has 3 heterocycles. The number of hydrogen-bond donors (Lipinski definition) is 3. The number of halogens is 1. The first-order chi connectivity index (χ1) is 15.7. The van der Waals surface area contributed by atoms with Crippen LogP contribution in [0.2, 0.25) is 5.02 Å². The lowest BCUT2D eigenvalue weighted by Gasteiger charge is -2.24. The molecule has 2 aromatic carbocycles. The van der Waals surface area contributed by atoms with Gasteiger partial charge in [0.05, 0.1) is 53.6 Å². The van der Waals surface area contributed by atoms with Crippen LogP contribution in [-0.4, -0.2) is 50.9 Å². The fourth-order valence-corrected chi connectivity index (χ4v) is 4.02. The molecule has 32 heavy (non-hydrogen) atoms. The Hall–Kier alpha value is -3.04. The molecule has 1 aliphatic rings. The van der Waals surface area contributed by atoms with Gasteiger partial charge in [0, 0.05) is 30.9 Å². The van der Waals surface area contributed by atoms with Gasteiger partial charge in [-0.2, -0.15) is 0 Å². The molecule has 0 saturated carbocycles. The SMILES string of the molecule is OCCn1cnc2cc(-c3nc(Nc4ccc(C5CNCCO5)cc4)ncc3Cl)ccc21. The van der Waals surface area contributed by atoms with Gasteiger partial charge in [0.2, 0.25) is 5.95 Å². The van der Waals surface area contributed by atoms with E-state index in [2.05, 4.69) is 25.6 Å². The van der Waals surface area contributed by atoms with E-state index in [4.69, 9.17) is 16.3 Å². The number of rotatable bonds is 6. The van der Waals surface area contributed by atoms with Crippen LogP contribution in [-0.2, 0) is 11.3 Å². The Kier molecular flexibility index (Phi) is 6.00. The average Bonchev–Trinajstić information content (AvgIpc) is 3.24. The average molecular weight is 451 g/mol. The van der Waals surface area contributed by atoms with E-state index in [-0.39, 0.29) is 12.7 Å². The Labute approximate surface area is 190 Å². The molecule has 1 aliphatic heterocycles. The van der Waals surface area contributed by atoms with Crippen molar-refractivity contribution in [2.24, 2.45) is 0 Å². The predicted molar refractivity (Wildman–Crippen MR) is 124 cm³/mol. The van der Waals surface area contributed by atoms with Gasteiger partial charge in [-0.1, -0.05) is 29.8 Å². The predicted octanol–water partition coefficient (Wildman–Crippen LogP) is 3.54. The number of hydrogen-bond acceptors (Lipinski definition) is 7. The van der Waals surface area contributed by atoms with E-state index in [1.54, 1.807) is 12.5 Å². The number of imidazole rings is 1. The molecule has 0 radical (unpaired) electrons. The number of aromatic nitrogens is 4. The molecule has 0 bridgehead atoms. The summed E-state index contributed by atoms with van der Waals surface area (Å²) in [7, 11) is 0. The van der Waals surface area contributed by atoms with E-state index in [1.165, 1.54) is 0 Å². The summed E-state index contributed by atoms with van der Waals surface area (Å²) in [5, 5.41) is 16.2. The Morgan fingerprint density at radius 3 is 2.84 bits per heavy atom. The highest BCUT2D eigenvalue weighted by Gasteiger charge is 2.16. The van der Waals surface area contributed by atoms with E-state index in [1.807, 2.05) is 47.0 Å². The molecule has 0 aliphatic carbocycles. The van der Waals surface area contributed by atoms with Gasteiger partial charge < -0.3 is 25.0 Å². The van der Waals surface area contributed by atoms with Gasteiger partial charge >= 0.3 is 0 Å². The van der Waals surface area contributed by atoms with E-state index in [9.17, 15) is 5.11 Å². The van der Waals surface area contributed by atoms with Crippen LogP contribution in [0, 0.1) is 0 Å². The van der Waals surface area contributed by atoms with Crippen molar-refractivity contribution in [1.82, 2.24) is 24.8 Å². The van der Waals surface area contributed by atoms with Crippen molar-refractivity contribution in [2.75, 3.05) is 31.6 Å². The zero-order valence-electron chi connectivity index (χ0n) is 17.3. The quantitative estimate of drug-likeness (QED) is 0.413. The molecule has 1 fully saturated rings. The maximum atomic E-state index is 9.20. The van der Waals surface area contributed by atoms with Crippen molar-refractivity contribution in [3.05, 3.63) is 65.6 Å². The van der Waals surface area contributed by atoms with Crippen molar-refractivity contribution < 1.29 is 9.84 Å². The molecule has 1 unspecified atom stereocenters. The number of nitrogens with one attached hydrogen (secondary N) is 2. The number of aliphatic hydroxyl groups is 1. The number of anilines is 2. The topological polar surface area (TPSA) is 97.1 Å². The molecular formula is C23H23ClN6O2. The highest BCUT2D eigenvalue weighted by atomic mass is 35.5. The molecule has 8 nitrogen and oxygen atoms in total. The van der Waals surface area contributed by atoms with Gasteiger partial charge in [-0.15, -0.1) is 0 Å². The molecular weight excluding hydrogens is 428 g/mol. The number of morpholine rings is 1. The number of nitrogens with zero attached hydrogens (tertiary/aromatic N) is 4. The summed E-state index contributed by atoms with van der Waals surface area (Å²) >= 11 is 6.42. The third-order valence-electron chi connectivity index (χ3n) is 5.45. The minimum Gasteiger partial charge on any atom is -0.395 e. The Morgan fingerprint density at radius 2 is 2.06 bits per heavy atom. The molecule has 5 rings (SSSR count). The van der Waals surface area contributed by atoms with Gasteiger partial charge in [0.1, 0.15) is 0 Å². The smallest absolute Gasteiger partial charge is 0.227 e. The van der Waals surface area contributed by atoms with Crippen molar-refractivity contribution in [2.45, 2.75) is 12.6 Å². The highest BCUT2D eigenvalue weighted by Crippen LogP contribution is 2.29. The largest absolute Gasteiger partial charge is 0.395 e. The molecule has 9 heteroatoms. The second-order valence-electron chi connectivity index (χ2n) is 7.57. The number of fused-ring (bicyclic) bond motifs is 1. The van der Waals surface area contributed by atoms with Crippen LogP contribution in [0.1, 0.15) is 11.7 Å². The lowest BCUT2D eigenvalue weighted by Crippen LogP contribution is -2.33. The molecule has 0 amide bonds. The minimum atomic E-state index is 0.0610. The molecule has 0 spiro atoms. The lowest BCUT2D eigenvalue weighted by molar-refractivity contribution is 0.0277. The maximum absolute atomic E-state index is 9.20. The van der Waals surface area contributed by atoms with Gasteiger partial charge in [-0.05, 0) is 29.8 Å². The second kappa shape index (κ2) is 9.22. The van der Waals surface area contributed by atoms with Crippen LogP contribution in [0.4, 0.5) is 11.6 Å². The van der Waals surface area contributed by atoms with E-state index in [0.29, 0.717) is 23.2 Å². The summed E-state index contributed by atoms with van der Waals surface area (Å²) in [5.74, 6) is 0.457. The number of ether oxygens (including phenoxy) is 1. The van der Waals surface area contributed by atoms with Gasteiger partial charge in [-0.3, -0.25) is 0 Å². The molecule has 164 valence electrons. The Bertz CT molecular complexity index is 1220. The van der Waals surface area contributed by atoms with E-state index >= 15 is 0 Å². The van der Waals surface area contributed by atoms with Crippen LogP contribution in [0.25, 0.3) is 22.3 Å². The van der Waals surface area contributed by atoms with Crippen LogP contribution >= 0.6 is 11.6 Å². The standard InChI is InChI=1S/C23H23ClN6O2/c24-18-12-26-23(28-17-4-1-15(2-5-17)21-13-25-7-10-32-21)29-22(18)16-3-6-20-19(11-16)27-14-30(20)8-9-31/h1-6,11-12,14,21,25,31H,7-10,13H2,(H,26,28,29). The fourth-order valence-electron chi connectivity index (χ4n) is 3.82. The van der Waals surface area contributed by atoms with Crippen molar-refractivity contribution in [1.29, 1.82) is 0 Å². The molecule has 4 aromatic rings. The van der Waals surface area contributed by atoms with E-state index < -0.39 is 0 Å². The summed E-state index contributed by atoms with van der Waals surface area (Å²) in [5.41, 5.74) is 5.25. The van der Waals surface area contributed by atoms with Crippen molar-refractivity contribution >= 4 is 34.3 Å². The second-order valence-corrected chi connectivity index (χ2v) is 7.97. The summed E-state index contributed by atoms with van der Waals surface area (Å²) in [6.45, 7) is 2.99. The first-order valence-corrected chi connectivity index (χ1v) is 10.9. The van der Waals surface area contributed by atoms with Crippen molar-refractivity contribution in [3.63, 3.8) is 0 Å². The van der Waals surface area contributed by atoms with Crippen LogP contribution in [0.3, 0.4) is 0 Å². The van der Waals surface area contributed by atoms with Crippen LogP contribution in [0.5, 0.6) is 0 Å². The monoisotopic (exact) mass is 450 g/mol. The minimum absolute atomic E-state index is 0.0610. The normalized spacial score (nSPS) is 16.4. The molecule has 3 N–H and O–H groups in total. The summed E-state index contributed by atoms with van der Waals surface area (Å²) in [4.78, 5) is 13.4. The zero-order chi connectivity index (χ0) is 21.9. The summed E-state index contributed by atoms with van der Waals surface area (Å²) in [6, 6.07) is 13.9. The maximum Gasteiger partial charge on any atom is 0.227 e. The Balaban J connectivity index is 1.37. The third kappa shape index (κ3) is 4.31. The fraction of sp³-hybridized carbons (Fsp3) is 0.261. The van der Waals surface area contributed by atoms with Gasteiger partial charge in [0.25, 0.3) is 0 Å². The van der Waals surface area contributed by atoms with Crippen LogP contribution < -0.4 is 10.6 Å². The van der Waals surface area contributed by atoms with Gasteiger partial charge in [-0.25, -0.2) is 15.0 Å². The van der Waals surface area contributed by atoms with E-state index in [0.717, 1.165) is 47.5 Å². The lowest BCUT2D eigenvalue weighted by atomic mass is 10.1. The number of aliphatic hydroxyl groups excluding tert-OH is 1. The van der Waals surface area contributed by atoms with Gasteiger partial charge in [0.15, 0.2) is 0 Å². The summed E-state index contributed by atoms with van der Waals surface area (Å²) in [6.07, 6.45) is 3.39. The molecule has 1 atom stereocenters. The molecule has 1 saturated heterocycles. The zero-order valence-corrected chi connectivity index (χ0v) is 18.1. The third-order valence-corrected chi connectivity index (χ3v) is 5.72. The Morgan fingerprint density at radius 1 is 1.19 bits per heavy atom. The number of benzene rings is 2.